The molecule has 80 valence electrons. The number of nitrogen functional groups attached to an aromatic ring is 2. The highest BCUT2D eigenvalue weighted by atomic mass is 14.6. The molecule has 0 aliphatic carbocycles. The van der Waals surface area contributed by atoms with Crippen molar-refractivity contribution in [2.75, 3.05) is 11.5 Å². The van der Waals surface area contributed by atoms with Gasteiger partial charge in [-0.15, -0.1) is 0 Å². The molecule has 0 aliphatic rings. The number of anilines is 2. The van der Waals surface area contributed by atoms with Crippen molar-refractivity contribution in [3.63, 3.8) is 0 Å². The van der Waals surface area contributed by atoms with Gasteiger partial charge in [0.25, 0.3) is 0 Å². The molecule has 0 unspecified atom stereocenters. The van der Waals surface area contributed by atoms with Crippen LogP contribution in [0.3, 0.4) is 0 Å². The fourth-order valence-corrected chi connectivity index (χ4v) is 1.49. The molecule has 0 saturated carbocycles. The number of benzene rings is 2. The van der Waals surface area contributed by atoms with Crippen molar-refractivity contribution in [1.82, 2.24) is 0 Å². The van der Waals surface area contributed by atoms with E-state index in [2.05, 4.69) is 0 Å². The minimum absolute atomic E-state index is 0.724. The van der Waals surface area contributed by atoms with Crippen LogP contribution in [0.5, 0.6) is 0 Å². The Kier molecular flexibility index (Phi) is 2.92. The first-order valence-electron chi connectivity index (χ1n) is 5.14. The zero-order valence-corrected chi connectivity index (χ0v) is 8.93. The first-order valence-corrected chi connectivity index (χ1v) is 5.14. The van der Waals surface area contributed by atoms with Crippen molar-refractivity contribution < 1.29 is 0 Å². The zero-order chi connectivity index (χ0) is 11.4. The molecule has 16 heavy (non-hydrogen) atoms. The number of hydrogen-bond acceptors (Lipinski definition) is 2. The van der Waals surface area contributed by atoms with Crippen LogP contribution in [0.4, 0.5) is 11.4 Å². The van der Waals surface area contributed by atoms with E-state index in [9.17, 15) is 0 Å². The molecule has 0 amide bonds. The van der Waals surface area contributed by atoms with Crippen molar-refractivity contribution >= 4 is 23.5 Å². The van der Waals surface area contributed by atoms with Gasteiger partial charge in [0, 0.05) is 11.4 Å². The summed E-state index contributed by atoms with van der Waals surface area (Å²) in [5.74, 6) is 0. The van der Waals surface area contributed by atoms with Crippen LogP contribution in [-0.4, -0.2) is 0 Å². The average Bonchev–Trinajstić information content (AvgIpc) is 2.32. The first kappa shape index (κ1) is 10.3. The van der Waals surface area contributed by atoms with E-state index in [1.165, 1.54) is 0 Å². The second kappa shape index (κ2) is 4.53. The summed E-state index contributed by atoms with van der Waals surface area (Å²) in [4.78, 5) is 0. The van der Waals surface area contributed by atoms with E-state index < -0.39 is 0 Å². The van der Waals surface area contributed by atoms with E-state index in [-0.39, 0.29) is 0 Å². The molecular weight excluding hydrogens is 196 g/mol. The third-order valence-electron chi connectivity index (χ3n) is 2.37. The third-order valence-corrected chi connectivity index (χ3v) is 2.37. The van der Waals surface area contributed by atoms with Crippen molar-refractivity contribution in [2.45, 2.75) is 0 Å². The summed E-state index contributed by atoms with van der Waals surface area (Å²) in [6.45, 7) is 0. The van der Waals surface area contributed by atoms with Crippen LogP contribution in [0, 0.1) is 0 Å². The highest BCUT2D eigenvalue weighted by Gasteiger charge is 1.95. The average molecular weight is 210 g/mol. The minimum atomic E-state index is 0.724. The Hall–Kier alpha value is -2.22. The third kappa shape index (κ3) is 2.42. The van der Waals surface area contributed by atoms with Crippen LogP contribution < -0.4 is 11.5 Å². The van der Waals surface area contributed by atoms with Gasteiger partial charge < -0.3 is 11.5 Å². The molecule has 0 aliphatic heterocycles. The molecule has 0 heterocycles. The molecule has 0 aromatic heterocycles. The van der Waals surface area contributed by atoms with Gasteiger partial charge in [0.1, 0.15) is 0 Å². The van der Waals surface area contributed by atoms with Crippen LogP contribution in [-0.2, 0) is 0 Å². The Morgan fingerprint density at radius 1 is 0.812 bits per heavy atom. The van der Waals surface area contributed by atoms with Crippen molar-refractivity contribution in [2.24, 2.45) is 0 Å². The predicted molar refractivity (Wildman–Crippen MR) is 70.6 cm³/mol. The Balaban J connectivity index is 2.27. The predicted octanol–water partition coefficient (Wildman–Crippen LogP) is 3.02. The summed E-state index contributed by atoms with van der Waals surface area (Å²) >= 11 is 0. The Bertz CT molecular complexity index is 501. The molecule has 2 rings (SSSR count). The Morgan fingerprint density at radius 2 is 1.56 bits per heavy atom. The van der Waals surface area contributed by atoms with E-state index in [1.807, 2.05) is 54.6 Å². The molecule has 2 nitrogen and oxygen atoms in total. The molecule has 0 fully saturated rings. The highest BCUT2D eigenvalue weighted by Crippen LogP contribution is 2.18. The summed E-state index contributed by atoms with van der Waals surface area (Å²) < 4.78 is 0. The standard InChI is InChI=1S/C14H14N2/c15-13-8-9-14(16)12(10-13)7-6-11-4-2-1-3-5-11/h1-10H,15-16H2/b7-6+. The molecule has 0 saturated heterocycles. The summed E-state index contributed by atoms with van der Waals surface area (Å²) in [5.41, 5.74) is 15.1. The molecule has 2 heteroatoms. The SMILES string of the molecule is Nc1ccc(N)c(/C=C/c2ccccc2)c1. The Labute approximate surface area is 95.2 Å². The van der Waals surface area contributed by atoms with Crippen molar-refractivity contribution in [1.29, 1.82) is 0 Å². The maximum absolute atomic E-state index is 5.85. The van der Waals surface area contributed by atoms with Crippen molar-refractivity contribution in [3.8, 4) is 0 Å². The summed E-state index contributed by atoms with van der Waals surface area (Å²) in [7, 11) is 0. The second-order valence-electron chi connectivity index (χ2n) is 3.63. The van der Waals surface area contributed by atoms with E-state index >= 15 is 0 Å². The van der Waals surface area contributed by atoms with Gasteiger partial charge in [-0.1, -0.05) is 42.5 Å². The molecule has 0 atom stereocenters. The second-order valence-corrected chi connectivity index (χ2v) is 3.63. The maximum atomic E-state index is 5.85. The number of hydrogen-bond donors (Lipinski definition) is 2. The fraction of sp³-hybridized carbons (Fsp3) is 0. The lowest BCUT2D eigenvalue weighted by atomic mass is 10.1. The molecule has 2 aromatic carbocycles. The largest absolute Gasteiger partial charge is 0.399 e. The maximum Gasteiger partial charge on any atom is 0.0389 e. The minimum Gasteiger partial charge on any atom is -0.399 e. The van der Waals surface area contributed by atoms with Crippen molar-refractivity contribution in [3.05, 3.63) is 59.7 Å². The lowest BCUT2D eigenvalue weighted by Gasteiger charge is -2.01. The van der Waals surface area contributed by atoms with E-state index in [1.54, 1.807) is 6.07 Å². The smallest absolute Gasteiger partial charge is 0.0389 e. The van der Waals surface area contributed by atoms with Gasteiger partial charge in [-0.3, -0.25) is 0 Å². The van der Waals surface area contributed by atoms with Gasteiger partial charge in [0.15, 0.2) is 0 Å². The first-order chi connectivity index (χ1) is 7.75. The number of rotatable bonds is 2. The van der Waals surface area contributed by atoms with E-state index in [0.29, 0.717) is 0 Å². The van der Waals surface area contributed by atoms with Gasteiger partial charge in [-0.05, 0) is 29.3 Å². The van der Waals surface area contributed by atoms with Crippen LogP contribution in [0.1, 0.15) is 11.1 Å². The fourth-order valence-electron chi connectivity index (χ4n) is 1.49. The van der Waals surface area contributed by atoms with Gasteiger partial charge in [-0.2, -0.15) is 0 Å². The molecule has 0 spiro atoms. The molecule has 0 bridgehead atoms. The number of nitrogens with two attached hydrogens (primary N) is 2. The lowest BCUT2D eigenvalue weighted by molar-refractivity contribution is 1.62. The summed E-state index contributed by atoms with van der Waals surface area (Å²) in [6.07, 6.45) is 3.99. The van der Waals surface area contributed by atoms with E-state index in [4.69, 9.17) is 11.5 Å². The topological polar surface area (TPSA) is 52.0 Å². The van der Waals surface area contributed by atoms with Gasteiger partial charge in [0.2, 0.25) is 0 Å². The molecular formula is C14H14N2. The quantitative estimate of drug-likeness (QED) is 0.591. The van der Waals surface area contributed by atoms with Gasteiger partial charge in [0.05, 0.1) is 0 Å². The molecule has 4 N–H and O–H groups in total. The van der Waals surface area contributed by atoms with Gasteiger partial charge >= 0.3 is 0 Å². The Morgan fingerprint density at radius 3 is 2.31 bits per heavy atom. The molecule has 0 radical (unpaired) electrons. The molecule has 2 aromatic rings. The normalized spacial score (nSPS) is 10.8. The highest BCUT2D eigenvalue weighted by molar-refractivity contribution is 5.77. The summed E-state index contributed by atoms with van der Waals surface area (Å²) in [6, 6.07) is 15.6. The lowest BCUT2D eigenvalue weighted by Crippen LogP contribution is -1.91. The zero-order valence-electron chi connectivity index (χ0n) is 8.93. The van der Waals surface area contributed by atoms with Crippen LogP contribution in [0.25, 0.3) is 12.2 Å². The monoisotopic (exact) mass is 210 g/mol. The van der Waals surface area contributed by atoms with Gasteiger partial charge in [-0.25, -0.2) is 0 Å². The van der Waals surface area contributed by atoms with Crippen LogP contribution in [0.15, 0.2) is 48.5 Å². The van der Waals surface area contributed by atoms with E-state index in [0.717, 1.165) is 22.5 Å². The summed E-state index contributed by atoms with van der Waals surface area (Å²) in [5, 5.41) is 0. The van der Waals surface area contributed by atoms with Crippen LogP contribution >= 0.6 is 0 Å². The van der Waals surface area contributed by atoms with Crippen LogP contribution in [0.2, 0.25) is 0 Å².